The molecule has 0 fully saturated rings. The number of benzene rings is 2. The summed E-state index contributed by atoms with van der Waals surface area (Å²) in [6.07, 6.45) is 4.02. The molecular formula is C24H29N3O2. The van der Waals surface area contributed by atoms with Crippen molar-refractivity contribution < 1.29 is 9.47 Å². The number of hydrogen-bond donors (Lipinski definition) is 1. The molecule has 0 amide bonds. The summed E-state index contributed by atoms with van der Waals surface area (Å²) in [5.74, 6) is 2.44. The Morgan fingerprint density at radius 2 is 1.83 bits per heavy atom. The average Bonchev–Trinajstić information content (AvgIpc) is 3.00. The first-order valence-corrected chi connectivity index (χ1v) is 10.2. The van der Waals surface area contributed by atoms with Crippen LogP contribution in [0, 0.1) is 13.8 Å². The van der Waals surface area contributed by atoms with Gasteiger partial charge in [-0.3, -0.25) is 0 Å². The Hall–Kier alpha value is -2.95. The summed E-state index contributed by atoms with van der Waals surface area (Å²) in [5.41, 5.74) is 7.45. The second kappa shape index (κ2) is 7.82. The molecule has 2 heterocycles. The van der Waals surface area contributed by atoms with Crippen molar-refractivity contribution in [3.63, 3.8) is 0 Å². The van der Waals surface area contributed by atoms with Crippen LogP contribution in [0.4, 0.5) is 5.95 Å². The van der Waals surface area contributed by atoms with Gasteiger partial charge in [0.15, 0.2) is 11.5 Å². The van der Waals surface area contributed by atoms with Crippen molar-refractivity contribution in [1.29, 1.82) is 0 Å². The molecule has 5 heteroatoms. The Morgan fingerprint density at radius 1 is 1.07 bits per heavy atom. The Bertz CT molecular complexity index is 1040. The molecule has 1 aromatic heterocycles. The van der Waals surface area contributed by atoms with Gasteiger partial charge in [-0.1, -0.05) is 23.8 Å². The third kappa shape index (κ3) is 3.57. The first-order valence-electron chi connectivity index (χ1n) is 10.2. The van der Waals surface area contributed by atoms with Gasteiger partial charge in [0.25, 0.3) is 0 Å². The number of nitrogens with one attached hydrogen (secondary N) is 1. The summed E-state index contributed by atoms with van der Waals surface area (Å²) in [7, 11) is 3.36. The average molecular weight is 392 g/mol. The van der Waals surface area contributed by atoms with Gasteiger partial charge in [-0.05, 0) is 62.4 Å². The van der Waals surface area contributed by atoms with Gasteiger partial charge >= 0.3 is 0 Å². The molecule has 1 N–H and O–H groups in total. The van der Waals surface area contributed by atoms with Gasteiger partial charge in [0.05, 0.1) is 32.2 Å². The molecule has 3 aromatic rings. The minimum atomic E-state index is 0.176. The lowest BCUT2D eigenvalue weighted by Crippen LogP contribution is -2.13. The first kappa shape index (κ1) is 19.4. The van der Waals surface area contributed by atoms with Crippen molar-refractivity contribution in [2.45, 2.75) is 46.2 Å². The number of hydrogen-bond acceptors (Lipinski definition) is 4. The van der Waals surface area contributed by atoms with Crippen LogP contribution in [0.25, 0.3) is 11.3 Å². The highest BCUT2D eigenvalue weighted by atomic mass is 16.5. The molecule has 1 unspecified atom stereocenters. The monoisotopic (exact) mass is 391 g/mol. The van der Waals surface area contributed by atoms with Gasteiger partial charge in [-0.2, -0.15) is 0 Å². The third-order valence-electron chi connectivity index (χ3n) is 5.81. The normalized spacial score (nSPS) is 13.8. The number of aryl methyl sites for hydroxylation is 3. The maximum Gasteiger partial charge on any atom is 0.203 e. The van der Waals surface area contributed by atoms with Crippen LogP contribution in [0.5, 0.6) is 11.5 Å². The third-order valence-corrected chi connectivity index (χ3v) is 5.81. The summed E-state index contributed by atoms with van der Waals surface area (Å²) < 4.78 is 13.3. The van der Waals surface area contributed by atoms with Crippen LogP contribution in [-0.2, 0) is 13.0 Å². The molecule has 1 atom stereocenters. The molecule has 1 aliphatic heterocycles. The minimum absolute atomic E-state index is 0.176. The lowest BCUT2D eigenvalue weighted by molar-refractivity contribution is 0.354. The number of anilines is 1. The fourth-order valence-corrected chi connectivity index (χ4v) is 4.31. The Labute approximate surface area is 172 Å². The molecule has 5 nitrogen and oxygen atoms in total. The molecule has 0 spiro atoms. The fourth-order valence-electron chi connectivity index (χ4n) is 4.31. The number of fused-ring (bicyclic) bond motifs is 3. The SMILES string of the molecule is COc1cc2c(cc1OC)-c1cnc(NC(C)c3ccc(C)cc3C)n1CCC2. The van der Waals surface area contributed by atoms with E-state index in [0.717, 1.165) is 42.5 Å². The van der Waals surface area contributed by atoms with Crippen LogP contribution in [0.15, 0.2) is 36.5 Å². The number of ether oxygens (including phenoxy) is 2. The van der Waals surface area contributed by atoms with Gasteiger partial charge in [0.2, 0.25) is 5.95 Å². The number of rotatable bonds is 5. The van der Waals surface area contributed by atoms with Crippen LogP contribution >= 0.6 is 0 Å². The van der Waals surface area contributed by atoms with Gasteiger partial charge in [-0.25, -0.2) is 4.98 Å². The number of aromatic nitrogens is 2. The van der Waals surface area contributed by atoms with E-state index in [9.17, 15) is 0 Å². The number of methoxy groups -OCH3 is 2. The molecular weight excluding hydrogens is 362 g/mol. The standard InChI is InChI=1S/C24H29N3O2/c1-15-8-9-19(16(2)11-15)17(3)26-24-25-14-21-20-13-23(29-5)22(28-4)12-18(20)7-6-10-27(21)24/h8-9,11-14,17H,6-7,10H2,1-5H3,(H,25,26). The summed E-state index contributed by atoms with van der Waals surface area (Å²) in [6, 6.07) is 11.0. The zero-order valence-electron chi connectivity index (χ0n) is 17.9. The van der Waals surface area contributed by atoms with Gasteiger partial charge in [-0.15, -0.1) is 0 Å². The van der Waals surface area contributed by atoms with E-state index < -0.39 is 0 Å². The van der Waals surface area contributed by atoms with E-state index >= 15 is 0 Å². The van der Waals surface area contributed by atoms with Gasteiger partial charge < -0.3 is 19.4 Å². The molecule has 0 radical (unpaired) electrons. The molecule has 152 valence electrons. The minimum Gasteiger partial charge on any atom is -0.493 e. The van der Waals surface area contributed by atoms with E-state index in [-0.39, 0.29) is 6.04 Å². The van der Waals surface area contributed by atoms with Crippen LogP contribution in [0.3, 0.4) is 0 Å². The lowest BCUT2D eigenvalue weighted by atomic mass is 10.0. The molecule has 2 aromatic carbocycles. The Balaban J connectivity index is 1.70. The largest absolute Gasteiger partial charge is 0.493 e. The van der Waals surface area contributed by atoms with Crippen LogP contribution in [0.2, 0.25) is 0 Å². The van der Waals surface area contributed by atoms with E-state index in [1.54, 1.807) is 14.2 Å². The maximum absolute atomic E-state index is 5.54. The molecule has 29 heavy (non-hydrogen) atoms. The van der Waals surface area contributed by atoms with E-state index in [2.05, 4.69) is 61.0 Å². The quantitative estimate of drug-likeness (QED) is 0.641. The highest BCUT2D eigenvalue weighted by Gasteiger charge is 2.22. The topological polar surface area (TPSA) is 48.3 Å². The van der Waals surface area contributed by atoms with E-state index in [1.165, 1.54) is 27.8 Å². The second-order valence-corrected chi connectivity index (χ2v) is 7.81. The highest BCUT2D eigenvalue weighted by molar-refractivity contribution is 5.70. The maximum atomic E-state index is 5.54. The zero-order chi connectivity index (χ0) is 20.5. The van der Waals surface area contributed by atoms with Gasteiger partial charge in [0, 0.05) is 12.1 Å². The van der Waals surface area contributed by atoms with E-state index in [4.69, 9.17) is 14.5 Å². The molecule has 0 saturated heterocycles. The van der Waals surface area contributed by atoms with Gasteiger partial charge in [0.1, 0.15) is 0 Å². The second-order valence-electron chi connectivity index (χ2n) is 7.81. The van der Waals surface area contributed by atoms with Crippen molar-refractivity contribution in [1.82, 2.24) is 9.55 Å². The van der Waals surface area contributed by atoms with Crippen molar-refractivity contribution in [2.24, 2.45) is 0 Å². The molecule has 1 aliphatic rings. The van der Waals surface area contributed by atoms with Crippen LogP contribution < -0.4 is 14.8 Å². The summed E-state index contributed by atoms with van der Waals surface area (Å²) in [4.78, 5) is 4.73. The number of nitrogens with zero attached hydrogens (tertiary/aromatic N) is 2. The van der Waals surface area contributed by atoms with Crippen molar-refractivity contribution >= 4 is 5.95 Å². The highest BCUT2D eigenvalue weighted by Crippen LogP contribution is 2.39. The molecule has 0 saturated carbocycles. The van der Waals surface area contributed by atoms with E-state index in [0.29, 0.717) is 0 Å². The smallest absolute Gasteiger partial charge is 0.203 e. The zero-order valence-corrected chi connectivity index (χ0v) is 17.9. The van der Waals surface area contributed by atoms with Crippen LogP contribution in [-0.4, -0.2) is 23.8 Å². The van der Waals surface area contributed by atoms with Crippen molar-refractivity contribution in [3.05, 3.63) is 58.8 Å². The van der Waals surface area contributed by atoms with Crippen LogP contribution in [0.1, 0.15) is 41.6 Å². The summed E-state index contributed by atoms with van der Waals surface area (Å²) in [5, 5.41) is 3.63. The lowest BCUT2D eigenvalue weighted by Gasteiger charge is -2.19. The molecule has 4 rings (SSSR count). The Morgan fingerprint density at radius 3 is 2.55 bits per heavy atom. The molecule has 0 aliphatic carbocycles. The fraction of sp³-hybridized carbons (Fsp3) is 0.375. The van der Waals surface area contributed by atoms with Crippen molar-refractivity contribution in [3.8, 4) is 22.8 Å². The predicted octanol–water partition coefficient (Wildman–Crippen LogP) is 5.30. The predicted molar refractivity (Wildman–Crippen MR) is 117 cm³/mol. The van der Waals surface area contributed by atoms with Crippen molar-refractivity contribution in [2.75, 3.05) is 19.5 Å². The Kier molecular flexibility index (Phi) is 5.22. The first-order chi connectivity index (χ1) is 14.0. The summed E-state index contributed by atoms with van der Waals surface area (Å²) in [6.45, 7) is 7.42. The van der Waals surface area contributed by atoms with E-state index in [1.807, 2.05) is 6.20 Å². The number of imidazole rings is 1. The molecule has 0 bridgehead atoms. The summed E-state index contributed by atoms with van der Waals surface area (Å²) >= 11 is 0.